The van der Waals surface area contributed by atoms with Crippen molar-refractivity contribution in [3.05, 3.63) is 28.6 Å². The molecule has 0 amide bonds. The molecule has 4 nitrogen and oxygen atoms in total. The second kappa shape index (κ2) is 3.97. The summed E-state index contributed by atoms with van der Waals surface area (Å²) < 4.78 is 4.74. The first-order valence-electron chi connectivity index (χ1n) is 6.29. The lowest BCUT2D eigenvalue weighted by Crippen LogP contribution is -2.00. The maximum absolute atomic E-state index is 11.5. The highest BCUT2D eigenvalue weighted by atomic mass is 35.5. The molecule has 2 atom stereocenters. The van der Waals surface area contributed by atoms with Crippen LogP contribution >= 0.6 is 12.4 Å². The number of carbonyl (C=O) groups excluding carboxylic acids is 1. The summed E-state index contributed by atoms with van der Waals surface area (Å²) in [7, 11) is 1.39. The molecule has 1 N–H and O–H groups in total. The number of halogens is 1. The Kier molecular flexibility index (Phi) is 2.61. The van der Waals surface area contributed by atoms with Gasteiger partial charge in [0.2, 0.25) is 0 Å². The van der Waals surface area contributed by atoms with Gasteiger partial charge in [0.1, 0.15) is 11.3 Å². The van der Waals surface area contributed by atoms with E-state index >= 15 is 0 Å². The van der Waals surface area contributed by atoms with Crippen molar-refractivity contribution in [3.8, 4) is 0 Å². The molecule has 4 rings (SSSR count). The standard InChI is InChI=1S/C14H14N2O2.ClH/c1-6-8-5-11(14(17)18-2)16-13(8)15-10-4-7-3-9(7)12(6)10;/h5,7,9H,3-4H2,1-2H3,(H,15,16);1H/t7-,9-;/m0./s1. The molecule has 0 spiro atoms. The largest absolute Gasteiger partial charge is 0.464 e. The Morgan fingerprint density at radius 3 is 3.05 bits per heavy atom. The molecule has 0 radical (unpaired) electrons. The zero-order valence-electron chi connectivity index (χ0n) is 10.8. The first kappa shape index (κ1) is 12.5. The van der Waals surface area contributed by atoms with Crippen LogP contribution < -0.4 is 0 Å². The number of nitrogens with zero attached hydrogens (tertiary/aromatic N) is 1. The van der Waals surface area contributed by atoms with E-state index in [1.54, 1.807) is 0 Å². The number of rotatable bonds is 1. The molecule has 100 valence electrons. The van der Waals surface area contributed by atoms with Crippen LogP contribution in [-0.2, 0) is 11.2 Å². The fourth-order valence-electron chi connectivity index (χ4n) is 3.32. The Bertz CT molecular complexity index is 692. The van der Waals surface area contributed by atoms with E-state index in [-0.39, 0.29) is 18.4 Å². The molecule has 2 aliphatic carbocycles. The summed E-state index contributed by atoms with van der Waals surface area (Å²) >= 11 is 0. The molecule has 2 aromatic rings. The SMILES string of the molecule is COC(=O)c1cc2c(C)c3c(nc2[nH]1)C[C@@H]1C[C@H]31.Cl. The molecular formula is C14H15ClN2O2. The molecule has 1 saturated carbocycles. The predicted molar refractivity (Wildman–Crippen MR) is 74.0 cm³/mol. The molecule has 0 aromatic carbocycles. The number of fused-ring (bicyclic) bond motifs is 4. The maximum Gasteiger partial charge on any atom is 0.354 e. The number of aryl methyl sites for hydroxylation is 1. The number of carbonyl (C=O) groups is 1. The van der Waals surface area contributed by atoms with Crippen LogP contribution in [0, 0.1) is 12.8 Å². The highest BCUT2D eigenvalue weighted by molar-refractivity contribution is 5.95. The Hall–Kier alpha value is -1.55. The number of ether oxygens (including phenoxy) is 1. The van der Waals surface area contributed by atoms with Gasteiger partial charge in [0, 0.05) is 11.1 Å². The second-order valence-electron chi connectivity index (χ2n) is 5.34. The van der Waals surface area contributed by atoms with Crippen LogP contribution in [-0.4, -0.2) is 23.0 Å². The summed E-state index contributed by atoms with van der Waals surface area (Å²) in [5, 5.41) is 1.06. The van der Waals surface area contributed by atoms with E-state index in [0.29, 0.717) is 5.69 Å². The van der Waals surface area contributed by atoms with E-state index in [1.807, 2.05) is 6.07 Å². The second-order valence-corrected chi connectivity index (χ2v) is 5.34. The summed E-state index contributed by atoms with van der Waals surface area (Å²) in [4.78, 5) is 19.3. The Morgan fingerprint density at radius 1 is 1.53 bits per heavy atom. The number of methoxy groups -OCH3 is 1. The normalized spacial score (nSPS) is 22.6. The third-order valence-electron chi connectivity index (χ3n) is 4.32. The molecule has 5 heteroatoms. The van der Waals surface area contributed by atoms with Crippen molar-refractivity contribution < 1.29 is 9.53 Å². The lowest BCUT2D eigenvalue weighted by Gasteiger charge is -2.06. The van der Waals surface area contributed by atoms with Crippen LogP contribution in [0.25, 0.3) is 11.0 Å². The third-order valence-corrected chi connectivity index (χ3v) is 4.32. The Labute approximate surface area is 117 Å². The van der Waals surface area contributed by atoms with E-state index in [4.69, 9.17) is 4.74 Å². The third kappa shape index (κ3) is 1.59. The van der Waals surface area contributed by atoms with Crippen LogP contribution in [0.1, 0.15) is 39.6 Å². The first-order valence-corrected chi connectivity index (χ1v) is 6.29. The molecule has 1 fully saturated rings. The first-order chi connectivity index (χ1) is 8.69. The van der Waals surface area contributed by atoms with Crippen molar-refractivity contribution in [1.29, 1.82) is 0 Å². The minimum absolute atomic E-state index is 0. The van der Waals surface area contributed by atoms with Gasteiger partial charge in [-0.1, -0.05) is 0 Å². The van der Waals surface area contributed by atoms with Gasteiger partial charge in [-0.25, -0.2) is 9.78 Å². The average Bonchev–Trinajstić information content (AvgIpc) is 2.85. The van der Waals surface area contributed by atoms with E-state index in [0.717, 1.165) is 29.3 Å². The smallest absolute Gasteiger partial charge is 0.354 e. The molecule has 2 aliphatic rings. The number of hydrogen-bond acceptors (Lipinski definition) is 3. The molecule has 0 aliphatic heterocycles. The highest BCUT2D eigenvalue weighted by Crippen LogP contribution is 2.57. The van der Waals surface area contributed by atoms with Crippen molar-refractivity contribution in [2.45, 2.75) is 25.7 Å². The minimum Gasteiger partial charge on any atom is -0.464 e. The number of nitrogens with one attached hydrogen (secondary N) is 1. The van der Waals surface area contributed by atoms with E-state index in [9.17, 15) is 4.79 Å². The van der Waals surface area contributed by atoms with Gasteiger partial charge >= 0.3 is 5.97 Å². The van der Waals surface area contributed by atoms with Gasteiger partial charge in [-0.05, 0) is 48.8 Å². The number of H-pyrrole nitrogens is 1. The highest BCUT2D eigenvalue weighted by Gasteiger charge is 2.47. The summed E-state index contributed by atoms with van der Waals surface area (Å²) in [5.74, 6) is 1.23. The zero-order valence-corrected chi connectivity index (χ0v) is 11.6. The minimum atomic E-state index is -0.336. The van der Waals surface area contributed by atoms with Crippen molar-refractivity contribution in [2.24, 2.45) is 5.92 Å². The van der Waals surface area contributed by atoms with Gasteiger partial charge < -0.3 is 9.72 Å². The van der Waals surface area contributed by atoms with Gasteiger partial charge in [-0.2, -0.15) is 0 Å². The number of aromatic nitrogens is 2. The molecule has 0 unspecified atom stereocenters. The fourth-order valence-corrected chi connectivity index (χ4v) is 3.32. The van der Waals surface area contributed by atoms with Crippen LogP contribution in [0.5, 0.6) is 0 Å². The summed E-state index contributed by atoms with van der Waals surface area (Å²) in [6, 6.07) is 1.86. The molecule has 0 bridgehead atoms. The Balaban J connectivity index is 0.00000110. The summed E-state index contributed by atoms with van der Waals surface area (Å²) in [6.45, 7) is 2.14. The quantitative estimate of drug-likeness (QED) is 0.816. The molecular weight excluding hydrogens is 264 g/mol. The predicted octanol–water partition coefficient (Wildman–Crippen LogP) is 2.74. The van der Waals surface area contributed by atoms with Crippen molar-refractivity contribution >= 4 is 29.4 Å². The monoisotopic (exact) mass is 278 g/mol. The van der Waals surface area contributed by atoms with Crippen molar-refractivity contribution in [1.82, 2.24) is 9.97 Å². The lowest BCUT2D eigenvalue weighted by molar-refractivity contribution is 0.0595. The van der Waals surface area contributed by atoms with Gasteiger partial charge in [-0.3, -0.25) is 0 Å². The maximum atomic E-state index is 11.5. The van der Waals surface area contributed by atoms with Crippen LogP contribution in [0.4, 0.5) is 0 Å². The van der Waals surface area contributed by atoms with Gasteiger partial charge in [0.25, 0.3) is 0 Å². The molecule has 0 saturated heterocycles. The van der Waals surface area contributed by atoms with Crippen LogP contribution in [0.15, 0.2) is 6.07 Å². The zero-order chi connectivity index (χ0) is 12.4. The molecule has 19 heavy (non-hydrogen) atoms. The Morgan fingerprint density at radius 2 is 2.32 bits per heavy atom. The van der Waals surface area contributed by atoms with Crippen molar-refractivity contribution in [3.63, 3.8) is 0 Å². The number of esters is 1. The molecule has 2 aromatic heterocycles. The fraction of sp³-hybridized carbons (Fsp3) is 0.429. The van der Waals surface area contributed by atoms with E-state index in [1.165, 1.54) is 30.4 Å². The summed E-state index contributed by atoms with van der Waals surface area (Å²) in [6.07, 6.45) is 2.42. The van der Waals surface area contributed by atoms with E-state index in [2.05, 4.69) is 16.9 Å². The summed E-state index contributed by atoms with van der Waals surface area (Å²) in [5.41, 5.74) is 5.24. The van der Waals surface area contributed by atoms with Crippen LogP contribution in [0.2, 0.25) is 0 Å². The number of hydrogen-bond donors (Lipinski definition) is 1. The van der Waals surface area contributed by atoms with Gasteiger partial charge in [0.15, 0.2) is 0 Å². The van der Waals surface area contributed by atoms with Crippen molar-refractivity contribution in [2.75, 3.05) is 7.11 Å². The number of aromatic amines is 1. The number of pyridine rings is 1. The molecule has 2 heterocycles. The van der Waals surface area contributed by atoms with E-state index < -0.39 is 0 Å². The van der Waals surface area contributed by atoms with Crippen LogP contribution in [0.3, 0.4) is 0 Å². The topological polar surface area (TPSA) is 55.0 Å². The average molecular weight is 279 g/mol. The lowest BCUT2D eigenvalue weighted by atomic mass is 10.0. The van der Waals surface area contributed by atoms with Gasteiger partial charge in [-0.15, -0.1) is 12.4 Å². The van der Waals surface area contributed by atoms with Gasteiger partial charge in [0.05, 0.1) is 7.11 Å².